The summed E-state index contributed by atoms with van der Waals surface area (Å²) in [7, 11) is 0. The number of nitrogens with two attached hydrogens (primary N) is 1. The molecule has 1 unspecified atom stereocenters. The number of benzene rings is 1. The van der Waals surface area contributed by atoms with Crippen molar-refractivity contribution in [1.29, 1.82) is 0 Å². The lowest BCUT2D eigenvalue weighted by Gasteiger charge is -2.20. The molecule has 2 aromatic rings. The van der Waals surface area contributed by atoms with Crippen molar-refractivity contribution >= 4 is 15.9 Å². The molecule has 2 heterocycles. The van der Waals surface area contributed by atoms with Gasteiger partial charge in [-0.2, -0.15) is 0 Å². The lowest BCUT2D eigenvalue weighted by molar-refractivity contribution is 0.445. The van der Waals surface area contributed by atoms with Gasteiger partial charge >= 0.3 is 0 Å². The maximum atomic E-state index is 6.02. The molecule has 0 spiro atoms. The number of aryl methyl sites for hydroxylation is 1. The van der Waals surface area contributed by atoms with Crippen LogP contribution in [0, 0.1) is 0 Å². The van der Waals surface area contributed by atoms with Gasteiger partial charge in [0.15, 0.2) is 0 Å². The summed E-state index contributed by atoms with van der Waals surface area (Å²) < 4.78 is 3.29. The molecule has 1 aliphatic heterocycles. The first-order valence-corrected chi connectivity index (χ1v) is 6.93. The molecule has 0 fully saturated rings. The summed E-state index contributed by atoms with van der Waals surface area (Å²) >= 11 is 3.57. The van der Waals surface area contributed by atoms with E-state index in [1.54, 1.807) is 0 Å². The molecule has 94 valence electrons. The van der Waals surface area contributed by atoms with Crippen LogP contribution in [-0.4, -0.2) is 20.8 Å². The summed E-state index contributed by atoms with van der Waals surface area (Å²) in [5.41, 5.74) is 7.24. The van der Waals surface area contributed by atoms with Crippen molar-refractivity contribution < 1.29 is 0 Å². The van der Waals surface area contributed by atoms with Gasteiger partial charge in [0, 0.05) is 29.9 Å². The van der Waals surface area contributed by atoms with E-state index in [-0.39, 0.29) is 6.04 Å². The smallest absolute Gasteiger partial charge is 0.137 e. The Morgan fingerprint density at radius 3 is 3.00 bits per heavy atom. The van der Waals surface area contributed by atoms with Crippen LogP contribution in [0.2, 0.25) is 0 Å². The zero-order valence-corrected chi connectivity index (χ0v) is 11.6. The maximum Gasteiger partial charge on any atom is 0.137 e. The Morgan fingerprint density at radius 1 is 1.33 bits per heavy atom. The Balaban J connectivity index is 1.90. The predicted octanol–water partition coefficient (Wildman–Crippen LogP) is 1.90. The highest BCUT2D eigenvalue weighted by Crippen LogP contribution is 2.21. The third-order valence-electron chi connectivity index (χ3n) is 3.37. The second-order valence-electron chi connectivity index (χ2n) is 4.71. The topological polar surface area (TPSA) is 56.7 Å². The first-order chi connectivity index (χ1) is 8.74. The minimum Gasteiger partial charge on any atom is -0.326 e. The number of fused-ring (bicyclic) bond motifs is 1. The number of hydrogen-bond acceptors (Lipinski definition) is 3. The van der Waals surface area contributed by atoms with Crippen LogP contribution >= 0.6 is 15.9 Å². The largest absolute Gasteiger partial charge is 0.326 e. The van der Waals surface area contributed by atoms with E-state index in [4.69, 9.17) is 5.73 Å². The summed E-state index contributed by atoms with van der Waals surface area (Å²) in [6, 6.07) is 8.44. The van der Waals surface area contributed by atoms with E-state index in [1.165, 1.54) is 5.56 Å². The third-order valence-corrected chi connectivity index (χ3v) is 4.14. The number of nitrogens with zero attached hydrogens (tertiary/aromatic N) is 3. The summed E-state index contributed by atoms with van der Waals surface area (Å²) in [5.74, 6) is 2.07. The van der Waals surface area contributed by atoms with Gasteiger partial charge in [-0.3, -0.25) is 0 Å². The van der Waals surface area contributed by atoms with Gasteiger partial charge in [0.1, 0.15) is 11.6 Å². The van der Waals surface area contributed by atoms with E-state index >= 15 is 0 Å². The monoisotopic (exact) mass is 306 g/mol. The molecule has 0 saturated heterocycles. The maximum absolute atomic E-state index is 6.02. The molecule has 18 heavy (non-hydrogen) atoms. The van der Waals surface area contributed by atoms with E-state index in [0.29, 0.717) is 0 Å². The Hall–Kier alpha value is -1.20. The molecule has 1 atom stereocenters. The van der Waals surface area contributed by atoms with Crippen LogP contribution in [0.15, 0.2) is 28.7 Å². The summed E-state index contributed by atoms with van der Waals surface area (Å²) in [6.07, 6.45) is 2.73. The SMILES string of the molecule is NC1CCc2nnc(Cc3ccccc3Br)n2C1. The lowest BCUT2D eigenvalue weighted by Crippen LogP contribution is -2.32. The Morgan fingerprint density at radius 2 is 2.17 bits per heavy atom. The van der Waals surface area contributed by atoms with Crippen LogP contribution in [0.5, 0.6) is 0 Å². The van der Waals surface area contributed by atoms with E-state index in [9.17, 15) is 0 Å². The highest BCUT2D eigenvalue weighted by atomic mass is 79.9. The van der Waals surface area contributed by atoms with Gasteiger partial charge in [-0.15, -0.1) is 10.2 Å². The van der Waals surface area contributed by atoms with Crippen molar-refractivity contribution in [2.24, 2.45) is 5.73 Å². The fourth-order valence-corrected chi connectivity index (χ4v) is 2.78. The highest BCUT2D eigenvalue weighted by molar-refractivity contribution is 9.10. The van der Waals surface area contributed by atoms with Gasteiger partial charge in [-0.1, -0.05) is 34.1 Å². The van der Waals surface area contributed by atoms with E-state index in [2.05, 4.69) is 42.8 Å². The molecular formula is C13H15BrN4. The van der Waals surface area contributed by atoms with Crippen molar-refractivity contribution in [2.75, 3.05) is 0 Å². The average molecular weight is 307 g/mol. The molecular weight excluding hydrogens is 292 g/mol. The lowest BCUT2D eigenvalue weighted by atomic mass is 10.1. The van der Waals surface area contributed by atoms with Crippen molar-refractivity contribution in [3.8, 4) is 0 Å². The highest BCUT2D eigenvalue weighted by Gasteiger charge is 2.20. The van der Waals surface area contributed by atoms with Gasteiger partial charge in [-0.25, -0.2) is 0 Å². The third kappa shape index (κ3) is 2.20. The molecule has 5 heteroatoms. The summed E-state index contributed by atoms with van der Waals surface area (Å²) in [5, 5.41) is 8.56. The molecule has 2 N–H and O–H groups in total. The van der Waals surface area contributed by atoms with Crippen LogP contribution in [-0.2, 0) is 19.4 Å². The van der Waals surface area contributed by atoms with E-state index in [1.807, 2.05) is 12.1 Å². The van der Waals surface area contributed by atoms with Gasteiger partial charge in [-0.05, 0) is 18.1 Å². The first kappa shape index (κ1) is 11.9. The van der Waals surface area contributed by atoms with Crippen molar-refractivity contribution in [1.82, 2.24) is 14.8 Å². The quantitative estimate of drug-likeness (QED) is 0.922. The molecule has 0 bridgehead atoms. The Labute approximate surface area is 114 Å². The zero-order valence-electron chi connectivity index (χ0n) is 10.0. The second kappa shape index (κ2) is 4.82. The number of halogens is 1. The standard InChI is InChI=1S/C13H15BrN4/c14-11-4-2-1-3-9(11)7-13-17-16-12-6-5-10(15)8-18(12)13/h1-4,10H,5-8,15H2. The zero-order chi connectivity index (χ0) is 12.5. The molecule has 1 aromatic heterocycles. The molecule has 0 radical (unpaired) electrons. The fourth-order valence-electron chi connectivity index (χ4n) is 2.35. The predicted molar refractivity (Wildman–Crippen MR) is 73.3 cm³/mol. The number of hydrogen-bond donors (Lipinski definition) is 1. The first-order valence-electron chi connectivity index (χ1n) is 6.14. The van der Waals surface area contributed by atoms with Crippen LogP contribution in [0.1, 0.15) is 23.6 Å². The van der Waals surface area contributed by atoms with Crippen molar-refractivity contribution in [3.63, 3.8) is 0 Å². The van der Waals surface area contributed by atoms with Crippen LogP contribution < -0.4 is 5.73 Å². The molecule has 0 aliphatic carbocycles. The van der Waals surface area contributed by atoms with Gasteiger partial charge in [0.05, 0.1) is 0 Å². The normalized spacial score (nSPS) is 18.7. The number of aromatic nitrogens is 3. The molecule has 1 aliphatic rings. The molecule has 1 aromatic carbocycles. The Kier molecular flexibility index (Phi) is 3.18. The Bertz CT molecular complexity index is 564. The molecule has 3 rings (SSSR count). The summed E-state index contributed by atoms with van der Waals surface area (Å²) in [6.45, 7) is 0.835. The van der Waals surface area contributed by atoms with Gasteiger partial charge in [0.25, 0.3) is 0 Å². The van der Waals surface area contributed by atoms with E-state index < -0.39 is 0 Å². The van der Waals surface area contributed by atoms with Crippen LogP contribution in [0.4, 0.5) is 0 Å². The molecule has 0 saturated carbocycles. The van der Waals surface area contributed by atoms with Crippen molar-refractivity contribution in [3.05, 3.63) is 46.0 Å². The molecule has 0 amide bonds. The second-order valence-corrected chi connectivity index (χ2v) is 5.56. The average Bonchev–Trinajstić information content (AvgIpc) is 2.75. The van der Waals surface area contributed by atoms with Gasteiger partial charge < -0.3 is 10.3 Å². The van der Waals surface area contributed by atoms with Crippen LogP contribution in [0.25, 0.3) is 0 Å². The van der Waals surface area contributed by atoms with Crippen LogP contribution in [0.3, 0.4) is 0 Å². The summed E-state index contributed by atoms with van der Waals surface area (Å²) in [4.78, 5) is 0. The fraction of sp³-hybridized carbons (Fsp3) is 0.385. The number of rotatable bonds is 2. The van der Waals surface area contributed by atoms with Gasteiger partial charge in [0.2, 0.25) is 0 Å². The molecule has 4 nitrogen and oxygen atoms in total. The van der Waals surface area contributed by atoms with Crippen molar-refractivity contribution in [2.45, 2.75) is 31.8 Å². The minimum atomic E-state index is 0.228. The van der Waals surface area contributed by atoms with E-state index in [0.717, 1.165) is 41.9 Å². The minimum absolute atomic E-state index is 0.228.